The molecule has 0 spiro atoms. The molecule has 1 amide bonds. The van der Waals surface area contributed by atoms with Crippen molar-refractivity contribution in [1.29, 1.82) is 0 Å². The molecule has 0 saturated heterocycles. The Kier molecular flexibility index (Phi) is 5.43. The van der Waals surface area contributed by atoms with E-state index in [1.54, 1.807) is 6.92 Å². The van der Waals surface area contributed by atoms with Crippen LogP contribution in [-0.4, -0.2) is 12.3 Å². The van der Waals surface area contributed by atoms with Gasteiger partial charge >= 0.3 is 6.36 Å². The number of ether oxygens (including phenoxy) is 1. The third kappa shape index (κ3) is 5.57. The van der Waals surface area contributed by atoms with Crippen LogP contribution < -0.4 is 10.1 Å². The highest BCUT2D eigenvalue weighted by atomic mass is 19.4. The molecule has 1 unspecified atom stereocenters. The fraction of sp³-hybridized carbons (Fsp3) is 0.235. The van der Waals surface area contributed by atoms with E-state index in [1.165, 1.54) is 48.5 Å². The van der Waals surface area contributed by atoms with Gasteiger partial charge in [-0.05, 0) is 42.3 Å². The SMILES string of the molecule is CC(NC(=O)Cc1ccc(F)cc1)c1ccc(OC(F)(F)F)cc1. The second-order valence-electron chi connectivity index (χ2n) is 5.21. The molecule has 128 valence electrons. The molecule has 0 aliphatic carbocycles. The molecule has 2 aromatic rings. The fourth-order valence-electron chi connectivity index (χ4n) is 2.12. The molecule has 1 atom stereocenters. The second kappa shape index (κ2) is 7.33. The van der Waals surface area contributed by atoms with Crippen molar-refractivity contribution >= 4 is 5.91 Å². The van der Waals surface area contributed by atoms with E-state index in [9.17, 15) is 22.4 Å². The van der Waals surface area contributed by atoms with Gasteiger partial charge in [-0.25, -0.2) is 4.39 Å². The van der Waals surface area contributed by atoms with Crippen LogP contribution in [0.5, 0.6) is 5.75 Å². The van der Waals surface area contributed by atoms with Crippen molar-refractivity contribution in [2.24, 2.45) is 0 Å². The Labute approximate surface area is 136 Å². The van der Waals surface area contributed by atoms with E-state index >= 15 is 0 Å². The van der Waals surface area contributed by atoms with Crippen molar-refractivity contribution < 1.29 is 27.1 Å². The monoisotopic (exact) mass is 341 g/mol. The Balaban J connectivity index is 1.92. The summed E-state index contributed by atoms with van der Waals surface area (Å²) in [6.07, 6.45) is -4.66. The van der Waals surface area contributed by atoms with Gasteiger partial charge in [-0.3, -0.25) is 4.79 Å². The summed E-state index contributed by atoms with van der Waals surface area (Å²) in [5.74, 6) is -0.977. The minimum absolute atomic E-state index is 0.0832. The number of nitrogens with one attached hydrogen (secondary N) is 1. The van der Waals surface area contributed by atoms with E-state index in [1.807, 2.05) is 0 Å². The summed E-state index contributed by atoms with van der Waals surface area (Å²) in [7, 11) is 0. The Morgan fingerprint density at radius 2 is 1.67 bits per heavy atom. The molecule has 2 rings (SSSR count). The maximum atomic E-state index is 12.8. The zero-order valence-electron chi connectivity index (χ0n) is 12.7. The van der Waals surface area contributed by atoms with Gasteiger partial charge in [-0.1, -0.05) is 24.3 Å². The zero-order chi connectivity index (χ0) is 17.7. The van der Waals surface area contributed by atoms with Crippen molar-refractivity contribution in [2.45, 2.75) is 25.7 Å². The minimum Gasteiger partial charge on any atom is -0.406 e. The predicted octanol–water partition coefficient (Wildman–Crippen LogP) is 4.14. The molecular weight excluding hydrogens is 326 g/mol. The van der Waals surface area contributed by atoms with Crippen LogP contribution in [0, 0.1) is 5.82 Å². The molecule has 7 heteroatoms. The maximum Gasteiger partial charge on any atom is 0.573 e. The third-order valence-corrected chi connectivity index (χ3v) is 3.27. The lowest BCUT2D eigenvalue weighted by atomic mass is 10.1. The van der Waals surface area contributed by atoms with Gasteiger partial charge in [0.25, 0.3) is 0 Å². The van der Waals surface area contributed by atoms with Crippen LogP contribution in [0.15, 0.2) is 48.5 Å². The van der Waals surface area contributed by atoms with Gasteiger partial charge in [0, 0.05) is 0 Å². The molecule has 0 aliphatic rings. The predicted molar refractivity (Wildman–Crippen MR) is 79.8 cm³/mol. The Morgan fingerprint density at radius 1 is 1.08 bits per heavy atom. The van der Waals surface area contributed by atoms with E-state index in [0.717, 1.165) is 0 Å². The van der Waals surface area contributed by atoms with Crippen molar-refractivity contribution in [3.8, 4) is 5.75 Å². The number of benzene rings is 2. The number of alkyl halides is 3. The van der Waals surface area contributed by atoms with Crippen LogP contribution >= 0.6 is 0 Å². The van der Waals surface area contributed by atoms with Crippen molar-refractivity contribution in [3.63, 3.8) is 0 Å². The Bertz CT molecular complexity index is 681. The summed E-state index contributed by atoms with van der Waals surface area (Å²) in [6, 6.07) is 10.4. The quantitative estimate of drug-likeness (QED) is 0.830. The molecule has 3 nitrogen and oxygen atoms in total. The average molecular weight is 341 g/mol. The summed E-state index contributed by atoms with van der Waals surface area (Å²) in [5, 5.41) is 2.73. The van der Waals surface area contributed by atoms with Crippen LogP contribution in [-0.2, 0) is 11.2 Å². The summed E-state index contributed by atoms with van der Waals surface area (Å²) in [5.41, 5.74) is 1.30. The number of halogens is 4. The number of rotatable bonds is 5. The van der Waals surface area contributed by atoms with Gasteiger partial charge in [-0.2, -0.15) is 0 Å². The van der Waals surface area contributed by atoms with Crippen molar-refractivity contribution in [1.82, 2.24) is 5.32 Å². The van der Waals surface area contributed by atoms with E-state index in [-0.39, 0.29) is 23.9 Å². The minimum atomic E-state index is -4.74. The van der Waals surface area contributed by atoms with Gasteiger partial charge < -0.3 is 10.1 Å². The van der Waals surface area contributed by atoms with Crippen LogP contribution in [0.25, 0.3) is 0 Å². The molecule has 0 aromatic heterocycles. The fourth-order valence-corrected chi connectivity index (χ4v) is 2.12. The number of carbonyl (C=O) groups excluding carboxylic acids is 1. The van der Waals surface area contributed by atoms with Gasteiger partial charge in [0.2, 0.25) is 5.91 Å². The van der Waals surface area contributed by atoms with Crippen molar-refractivity contribution in [2.75, 3.05) is 0 Å². The first kappa shape index (κ1) is 17.8. The summed E-state index contributed by atoms with van der Waals surface area (Å²) in [4.78, 5) is 12.0. The molecule has 0 heterocycles. The number of carbonyl (C=O) groups is 1. The van der Waals surface area contributed by atoms with Gasteiger partial charge in [-0.15, -0.1) is 13.2 Å². The molecule has 1 N–H and O–H groups in total. The zero-order valence-corrected chi connectivity index (χ0v) is 12.7. The smallest absolute Gasteiger partial charge is 0.406 e. The second-order valence-corrected chi connectivity index (χ2v) is 5.21. The maximum absolute atomic E-state index is 12.8. The highest BCUT2D eigenvalue weighted by Gasteiger charge is 2.31. The van der Waals surface area contributed by atoms with Crippen LogP contribution in [0.4, 0.5) is 17.6 Å². The largest absolute Gasteiger partial charge is 0.573 e. The van der Waals surface area contributed by atoms with Gasteiger partial charge in [0.05, 0.1) is 12.5 Å². The first-order valence-electron chi connectivity index (χ1n) is 7.12. The molecule has 0 radical (unpaired) electrons. The van der Waals surface area contributed by atoms with Gasteiger partial charge in [0.15, 0.2) is 0 Å². The summed E-state index contributed by atoms with van der Waals surface area (Å²) in [6.45, 7) is 1.71. The standard InChI is InChI=1S/C17H15F4NO2/c1-11(13-4-8-15(9-5-13)24-17(19,20)21)22-16(23)10-12-2-6-14(18)7-3-12/h2-9,11H,10H2,1H3,(H,22,23). The highest BCUT2D eigenvalue weighted by Crippen LogP contribution is 2.24. The van der Waals surface area contributed by atoms with E-state index in [2.05, 4.69) is 10.1 Å². The summed E-state index contributed by atoms with van der Waals surface area (Å²) >= 11 is 0. The third-order valence-electron chi connectivity index (χ3n) is 3.27. The topological polar surface area (TPSA) is 38.3 Å². The van der Waals surface area contributed by atoms with E-state index in [0.29, 0.717) is 11.1 Å². The Hall–Kier alpha value is -2.57. The van der Waals surface area contributed by atoms with Crippen LogP contribution in [0.1, 0.15) is 24.1 Å². The average Bonchev–Trinajstić information content (AvgIpc) is 2.48. The lowest BCUT2D eigenvalue weighted by molar-refractivity contribution is -0.274. The molecule has 0 aliphatic heterocycles. The first-order valence-corrected chi connectivity index (χ1v) is 7.12. The lowest BCUT2D eigenvalue weighted by Crippen LogP contribution is -2.28. The number of hydrogen-bond donors (Lipinski definition) is 1. The number of amides is 1. The molecule has 0 saturated carbocycles. The van der Waals surface area contributed by atoms with E-state index in [4.69, 9.17) is 0 Å². The molecule has 0 fully saturated rings. The summed E-state index contributed by atoms with van der Waals surface area (Å²) < 4.78 is 52.9. The van der Waals surface area contributed by atoms with Crippen LogP contribution in [0.2, 0.25) is 0 Å². The first-order chi connectivity index (χ1) is 11.2. The van der Waals surface area contributed by atoms with Gasteiger partial charge in [0.1, 0.15) is 11.6 Å². The van der Waals surface area contributed by atoms with Crippen LogP contribution in [0.3, 0.4) is 0 Å². The van der Waals surface area contributed by atoms with E-state index < -0.39 is 12.4 Å². The lowest BCUT2D eigenvalue weighted by Gasteiger charge is -2.15. The Morgan fingerprint density at radius 3 is 2.21 bits per heavy atom. The molecule has 0 bridgehead atoms. The van der Waals surface area contributed by atoms with Crippen molar-refractivity contribution in [3.05, 3.63) is 65.5 Å². The highest BCUT2D eigenvalue weighted by molar-refractivity contribution is 5.79. The molecule has 24 heavy (non-hydrogen) atoms. The normalized spacial score (nSPS) is 12.5. The molecular formula is C17H15F4NO2. The number of hydrogen-bond acceptors (Lipinski definition) is 2. The molecule has 2 aromatic carbocycles.